The van der Waals surface area contributed by atoms with Gasteiger partial charge in [-0.2, -0.15) is 0 Å². The standard InChI is InChI=1S/C17H19ClN4O2/c1-23-15-6-16(24-2)12(18)5-11(15)14-9-22-8-10(13(20)7-19)3-4-17(22)21-14/h3-6,8-9,13H,7,19-20H2,1-2H3. The number of aromatic nitrogens is 2. The molecule has 0 saturated carbocycles. The zero-order valence-electron chi connectivity index (χ0n) is 13.5. The maximum Gasteiger partial charge on any atom is 0.141 e. The van der Waals surface area contributed by atoms with Crippen molar-refractivity contribution in [2.24, 2.45) is 11.5 Å². The van der Waals surface area contributed by atoms with Crippen LogP contribution in [0.25, 0.3) is 16.9 Å². The normalized spacial score (nSPS) is 12.4. The number of nitrogens with zero attached hydrogens (tertiary/aromatic N) is 2. The van der Waals surface area contributed by atoms with Crippen LogP contribution in [0.2, 0.25) is 5.02 Å². The molecular weight excluding hydrogens is 328 g/mol. The number of rotatable bonds is 5. The molecule has 0 amide bonds. The van der Waals surface area contributed by atoms with Crippen LogP contribution in [-0.2, 0) is 0 Å². The van der Waals surface area contributed by atoms with Gasteiger partial charge in [-0.25, -0.2) is 4.98 Å². The molecule has 3 aromatic rings. The van der Waals surface area contributed by atoms with Crippen LogP contribution in [0.5, 0.6) is 11.5 Å². The van der Waals surface area contributed by atoms with Gasteiger partial charge < -0.3 is 25.3 Å². The maximum absolute atomic E-state index is 6.25. The lowest BCUT2D eigenvalue weighted by Gasteiger charge is -2.10. The SMILES string of the molecule is COc1cc(OC)c(-c2cn3cc(C(N)CN)ccc3n2)cc1Cl. The number of pyridine rings is 1. The van der Waals surface area contributed by atoms with Crippen LogP contribution in [-0.4, -0.2) is 30.1 Å². The molecule has 0 aliphatic heterocycles. The molecule has 0 fully saturated rings. The van der Waals surface area contributed by atoms with Crippen LogP contribution in [0.4, 0.5) is 0 Å². The Morgan fingerprint density at radius 1 is 1.17 bits per heavy atom. The van der Waals surface area contributed by atoms with Crippen LogP contribution in [0.3, 0.4) is 0 Å². The van der Waals surface area contributed by atoms with Gasteiger partial charge in [-0.1, -0.05) is 17.7 Å². The second-order valence-corrected chi connectivity index (χ2v) is 5.79. The number of methoxy groups -OCH3 is 2. The highest BCUT2D eigenvalue weighted by Crippen LogP contribution is 2.38. The number of hydrogen-bond donors (Lipinski definition) is 2. The van der Waals surface area contributed by atoms with Crippen LogP contribution in [0.1, 0.15) is 11.6 Å². The highest BCUT2D eigenvalue weighted by atomic mass is 35.5. The summed E-state index contributed by atoms with van der Waals surface area (Å²) in [6.07, 6.45) is 3.84. The second-order valence-electron chi connectivity index (χ2n) is 5.38. The van der Waals surface area contributed by atoms with E-state index in [-0.39, 0.29) is 6.04 Å². The van der Waals surface area contributed by atoms with E-state index in [9.17, 15) is 0 Å². The Kier molecular flexibility index (Phi) is 4.62. The number of benzene rings is 1. The third-order valence-corrected chi connectivity index (χ3v) is 4.20. The van der Waals surface area contributed by atoms with Crippen molar-refractivity contribution in [1.29, 1.82) is 0 Å². The van der Waals surface area contributed by atoms with Gasteiger partial charge in [-0.15, -0.1) is 0 Å². The summed E-state index contributed by atoms with van der Waals surface area (Å²) in [6, 6.07) is 7.17. The lowest BCUT2D eigenvalue weighted by molar-refractivity contribution is 0.395. The van der Waals surface area contributed by atoms with Crippen molar-refractivity contribution in [3.63, 3.8) is 0 Å². The minimum atomic E-state index is -0.204. The summed E-state index contributed by atoms with van der Waals surface area (Å²) in [4.78, 5) is 4.63. The van der Waals surface area contributed by atoms with Crippen molar-refractivity contribution in [1.82, 2.24) is 9.38 Å². The van der Waals surface area contributed by atoms with Crippen molar-refractivity contribution in [2.75, 3.05) is 20.8 Å². The minimum Gasteiger partial charge on any atom is -0.496 e. The summed E-state index contributed by atoms with van der Waals surface area (Å²) in [7, 11) is 3.16. The fourth-order valence-electron chi connectivity index (χ4n) is 2.55. The summed E-state index contributed by atoms with van der Waals surface area (Å²) in [5.41, 5.74) is 14.9. The van der Waals surface area contributed by atoms with E-state index in [1.165, 1.54) is 0 Å². The lowest BCUT2D eigenvalue weighted by atomic mass is 10.1. The third kappa shape index (κ3) is 2.91. The fourth-order valence-corrected chi connectivity index (χ4v) is 2.80. The van der Waals surface area contributed by atoms with E-state index in [0.717, 1.165) is 22.5 Å². The molecule has 2 heterocycles. The summed E-state index contributed by atoms with van der Waals surface area (Å²) in [6.45, 7) is 0.384. The monoisotopic (exact) mass is 346 g/mol. The molecule has 24 heavy (non-hydrogen) atoms. The van der Waals surface area contributed by atoms with E-state index >= 15 is 0 Å². The van der Waals surface area contributed by atoms with Gasteiger partial charge in [-0.05, 0) is 17.7 Å². The molecule has 0 radical (unpaired) electrons. The Bertz CT molecular complexity index is 878. The number of halogens is 1. The highest BCUT2D eigenvalue weighted by molar-refractivity contribution is 6.32. The van der Waals surface area contributed by atoms with E-state index in [0.29, 0.717) is 23.1 Å². The maximum atomic E-state index is 6.25. The number of imidazole rings is 1. The molecule has 7 heteroatoms. The van der Waals surface area contributed by atoms with Gasteiger partial charge in [0.1, 0.15) is 17.1 Å². The Balaban J connectivity index is 2.11. The largest absolute Gasteiger partial charge is 0.496 e. The minimum absolute atomic E-state index is 0.204. The molecule has 1 aromatic carbocycles. The predicted octanol–water partition coefficient (Wildman–Crippen LogP) is 2.63. The number of fused-ring (bicyclic) bond motifs is 1. The summed E-state index contributed by atoms with van der Waals surface area (Å²) >= 11 is 6.25. The highest BCUT2D eigenvalue weighted by Gasteiger charge is 2.15. The van der Waals surface area contributed by atoms with Crippen molar-refractivity contribution in [2.45, 2.75) is 6.04 Å². The van der Waals surface area contributed by atoms with E-state index < -0.39 is 0 Å². The molecule has 4 N–H and O–H groups in total. The Morgan fingerprint density at radius 2 is 1.92 bits per heavy atom. The van der Waals surface area contributed by atoms with Gasteiger partial charge in [0.15, 0.2) is 0 Å². The first-order chi connectivity index (χ1) is 11.6. The van der Waals surface area contributed by atoms with Crippen molar-refractivity contribution in [3.05, 3.63) is 47.2 Å². The molecule has 126 valence electrons. The first-order valence-electron chi connectivity index (χ1n) is 7.43. The molecule has 0 bridgehead atoms. The van der Waals surface area contributed by atoms with Gasteiger partial charge in [0.2, 0.25) is 0 Å². The average Bonchev–Trinajstić information content (AvgIpc) is 3.03. The molecule has 0 aliphatic carbocycles. The van der Waals surface area contributed by atoms with E-state index in [1.54, 1.807) is 26.4 Å². The fraction of sp³-hybridized carbons (Fsp3) is 0.235. The number of ether oxygens (including phenoxy) is 2. The van der Waals surface area contributed by atoms with Gasteiger partial charge in [0, 0.05) is 36.6 Å². The van der Waals surface area contributed by atoms with Crippen molar-refractivity contribution >= 4 is 17.2 Å². The van der Waals surface area contributed by atoms with E-state index in [1.807, 2.05) is 28.9 Å². The van der Waals surface area contributed by atoms with Gasteiger partial charge >= 0.3 is 0 Å². The number of hydrogen-bond acceptors (Lipinski definition) is 5. The molecule has 3 rings (SSSR count). The molecule has 0 aliphatic rings. The van der Waals surface area contributed by atoms with Crippen LogP contribution in [0.15, 0.2) is 36.7 Å². The average molecular weight is 347 g/mol. The number of nitrogens with two attached hydrogens (primary N) is 2. The summed E-state index contributed by atoms with van der Waals surface area (Å²) in [5.74, 6) is 1.19. The Morgan fingerprint density at radius 3 is 2.58 bits per heavy atom. The Labute approximate surface area is 144 Å². The summed E-state index contributed by atoms with van der Waals surface area (Å²) in [5, 5.41) is 0.496. The van der Waals surface area contributed by atoms with E-state index in [2.05, 4.69) is 4.98 Å². The molecular formula is C17H19ClN4O2. The van der Waals surface area contributed by atoms with Gasteiger partial charge in [0.05, 0.1) is 24.9 Å². The molecule has 2 aromatic heterocycles. The molecule has 1 atom stereocenters. The zero-order valence-corrected chi connectivity index (χ0v) is 14.2. The second kappa shape index (κ2) is 6.68. The molecule has 0 saturated heterocycles. The van der Waals surface area contributed by atoms with Crippen LogP contribution in [0, 0.1) is 0 Å². The lowest BCUT2D eigenvalue weighted by Crippen LogP contribution is -2.20. The van der Waals surface area contributed by atoms with Crippen molar-refractivity contribution < 1.29 is 9.47 Å². The quantitative estimate of drug-likeness (QED) is 0.741. The Hall–Kier alpha value is -2.28. The zero-order chi connectivity index (χ0) is 17.3. The third-order valence-electron chi connectivity index (χ3n) is 3.91. The first-order valence-corrected chi connectivity index (χ1v) is 7.81. The predicted molar refractivity (Wildman–Crippen MR) is 94.7 cm³/mol. The van der Waals surface area contributed by atoms with Crippen LogP contribution < -0.4 is 20.9 Å². The van der Waals surface area contributed by atoms with Crippen molar-refractivity contribution in [3.8, 4) is 22.8 Å². The molecule has 1 unspecified atom stereocenters. The summed E-state index contributed by atoms with van der Waals surface area (Å²) < 4.78 is 12.6. The first kappa shape index (κ1) is 16.6. The van der Waals surface area contributed by atoms with Gasteiger partial charge in [-0.3, -0.25) is 0 Å². The van der Waals surface area contributed by atoms with Crippen LogP contribution >= 0.6 is 11.6 Å². The van der Waals surface area contributed by atoms with Gasteiger partial charge in [0.25, 0.3) is 0 Å². The topological polar surface area (TPSA) is 87.8 Å². The smallest absolute Gasteiger partial charge is 0.141 e. The van der Waals surface area contributed by atoms with E-state index in [4.69, 9.17) is 32.5 Å². The molecule has 0 spiro atoms. The molecule has 6 nitrogen and oxygen atoms in total.